The molecule has 1 aliphatic heterocycles. The van der Waals surface area contributed by atoms with Gasteiger partial charge in [0.1, 0.15) is 11.6 Å². The van der Waals surface area contributed by atoms with Gasteiger partial charge in [0.2, 0.25) is 0 Å². The van der Waals surface area contributed by atoms with Gasteiger partial charge in [0.05, 0.1) is 34.4 Å². The van der Waals surface area contributed by atoms with Crippen LogP contribution in [0.25, 0.3) is 11.0 Å². The molecule has 1 unspecified atom stereocenters. The molecule has 2 aromatic carbocycles. The van der Waals surface area contributed by atoms with Crippen LogP contribution in [0.15, 0.2) is 41.4 Å². The first-order valence-electron chi connectivity index (χ1n) is 10.2. The summed E-state index contributed by atoms with van der Waals surface area (Å²) in [7, 11) is 0. The highest BCUT2D eigenvalue weighted by atomic mass is 16.1. The number of carbonyl (C=O) groups excluding carboxylic acids is 1. The molecule has 1 aromatic heterocycles. The van der Waals surface area contributed by atoms with Crippen molar-refractivity contribution >= 4 is 33.9 Å². The Bertz CT molecular complexity index is 1140. The van der Waals surface area contributed by atoms with Crippen molar-refractivity contribution in [2.45, 2.75) is 46.6 Å². The van der Waals surface area contributed by atoms with Crippen LogP contribution in [-0.4, -0.2) is 21.5 Å². The number of imidazole rings is 1. The number of para-hydroxylation sites is 2. The zero-order valence-electron chi connectivity index (χ0n) is 17.3. The first kappa shape index (κ1) is 18.1. The molecule has 5 heteroatoms. The number of benzene rings is 2. The van der Waals surface area contributed by atoms with Gasteiger partial charge in [-0.3, -0.25) is 9.79 Å². The second-order valence-corrected chi connectivity index (χ2v) is 9.28. The summed E-state index contributed by atoms with van der Waals surface area (Å²) in [6, 6.07) is 12.0. The van der Waals surface area contributed by atoms with E-state index in [-0.39, 0.29) is 23.2 Å². The lowest BCUT2D eigenvalue weighted by molar-refractivity contribution is -0.124. The standard InChI is InChI=1S/C24H26N4O/c1-13-9-17-18(10-14(13)2)26-22(23-27-15-7-5-6-8-16(15)28-23)21-19(25-17)11-24(3,4)12-20(21)29/h5-10,21-22,26H,11-12H2,1-4H3,(H,27,28)/t21?,22-/m0/s1. The number of hydrogen-bond acceptors (Lipinski definition) is 4. The number of fused-ring (bicyclic) bond motifs is 3. The minimum atomic E-state index is -0.309. The van der Waals surface area contributed by atoms with Crippen molar-refractivity contribution in [3.8, 4) is 0 Å². The Morgan fingerprint density at radius 1 is 1.07 bits per heavy atom. The Morgan fingerprint density at radius 3 is 2.62 bits per heavy atom. The molecule has 29 heavy (non-hydrogen) atoms. The zero-order chi connectivity index (χ0) is 20.3. The fraction of sp³-hybridized carbons (Fsp3) is 0.375. The maximum Gasteiger partial charge on any atom is 0.144 e. The van der Waals surface area contributed by atoms with Gasteiger partial charge in [-0.2, -0.15) is 0 Å². The predicted molar refractivity (Wildman–Crippen MR) is 117 cm³/mol. The highest BCUT2D eigenvalue weighted by molar-refractivity contribution is 6.10. The minimum Gasteiger partial charge on any atom is -0.372 e. The molecule has 1 aliphatic carbocycles. The van der Waals surface area contributed by atoms with E-state index in [0.29, 0.717) is 6.42 Å². The molecule has 2 heterocycles. The van der Waals surface area contributed by atoms with E-state index in [1.54, 1.807) is 0 Å². The molecule has 0 bridgehead atoms. The molecule has 2 N–H and O–H groups in total. The Hall–Kier alpha value is -2.95. The third-order valence-corrected chi connectivity index (χ3v) is 6.24. The second kappa shape index (κ2) is 6.28. The summed E-state index contributed by atoms with van der Waals surface area (Å²) in [6.45, 7) is 8.51. The average molecular weight is 386 g/mol. The first-order valence-corrected chi connectivity index (χ1v) is 10.2. The Balaban J connectivity index is 1.70. The molecule has 148 valence electrons. The van der Waals surface area contributed by atoms with E-state index < -0.39 is 0 Å². The van der Waals surface area contributed by atoms with Crippen LogP contribution in [0.4, 0.5) is 11.4 Å². The quantitative estimate of drug-likeness (QED) is 0.586. The van der Waals surface area contributed by atoms with Crippen LogP contribution in [-0.2, 0) is 4.79 Å². The number of nitrogens with one attached hydrogen (secondary N) is 2. The van der Waals surface area contributed by atoms with E-state index in [1.807, 2.05) is 24.3 Å². The van der Waals surface area contributed by atoms with Crippen molar-refractivity contribution in [2.75, 3.05) is 5.32 Å². The summed E-state index contributed by atoms with van der Waals surface area (Å²) in [4.78, 5) is 26.6. The van der Waals surface area contributed by atoms with E-state index >= 15 is 0 Å². The maximum absolute atomic E-state index is 13.3. The van der Waals surface area contributed by atoms with E-state index in [9.17, 15) is 4.79 Å². The molecular weight excluding hydrogens is 360 g/mol. The lowest BCUT2D eigenvalue weighted by Gasteiger charge is -2.36. The first-order chi connectivity index (χ1) is 13.8. The number of hydrogen-bond donors (Lipinski definition) is 2. The summed E-state index contributed by atoms with van der Waals surface area (Å²) < 4.78 is 0. The summed E-state index contributed by atoms with van der Waals surface area (Å²) >= 11 is 0. The van der Waals surface area contributed by atoms with E-state index in [1.165, 1.54) is 11.1 Å². The molecule has 5 rings (SSSR count). The minimum absolute atomic E-state index is 0.0743. The van der Waals surface area contributed by atoms with Gasteiger partial charge in [0.25, 0.3) is 0 Å². The third kappa shape index (κ3) is 3.05. The molecule has 0 saturated heterocycles. The van der Waals surface area contributed by atoms with Gasteiger partial charge in [0.15, 0.2) is 0 Å². The third-order valence-electron chi connectivity index (χ3n) is 6.24. The molecule has 0 amide bonds. The zero-order valence-corrected chi connectivity index (χ0v) is 17.3. The number of H-pyrrole nitrogens is 1. The van der Waals surface area contributed by atoms with Gasteiger partial charge >= 0.3 is 0 Å². The molecule has 5 nitrogen and oxygen atoms in total. The highest BCUT2D eigenvalue weighted by Gasteiger charge is 2.45. The molecule has 1 saturated carbocycles. The molecule has 0 radical (unpaired) electrons. The number of Topliss-reactive ketones (excluding diaryl/α,β-unsaturated/α-hetero) is 1. The van der Waals surface area contributed by atoms with Crippen LogP contribution in [0.5, 0.6) is 0 Å². The Morgan fingerprint density at radius 2 is 1.83 bits per heavy atom. The largest absolute Gasteiger partial charge is 0.372 e. The highest BCUT2D eigenvalue weighted by Crippen LogP contribution is 2.45. The number of nitrogens with zero attached hydrogens (tertiary/aromatic N) is 2. The summed E-state index contributed by atoms with van der Waals surface area (Å²) in [5.74, 6) is 0.721. The molecule has 0 spiro atoms. The van der Waals surface area contributed by atoms with Crippen LogP contribution < -0.4 is 5.32 Å². The number of carbonyl (C=O) groups is 1. The van der Waals surface area contributed by atoms with Crippen molar-refractivity contribution in [2.24, 2.45) is 16.3 Å². The average Bonchev–Trinajstić information content (AvgIpc) is 3.00. The number of aromatic amines is 1. The van der Waals surface area contributed by atoms with Crippen molar-refractivity contribution in [1.29, 1.82) is 0 Å². The van der Waals surface area contributed by atoms with Crippen LogP contribution in [0, 0.1) is 25.2 Å². The number of ketones is 1. The van der Waals surface area contributed by atoms with Gasteiger partial charge in [-0.1, -0.05) is 26.0 Å². The maximum atomic E-state index is 13.3. The van der Waals surface area contributed by atoms with Gasteiger partial charge in [-0.15, -0.1) is 0 Å². The monoisotopic (exact) mass is 386 g/mol. The van der Waals surface area contributed by atoms with E-state index in [2.05, 4.69) is 50.1 Å². The summed E-state index contributed by atoms with van der Waals surface area (Å²) in [5, 5.41) is 3.63. The molecule has 2 atom stereocenters. The molecule has 3 aromatic rings. The smallest absolute Gasteiger partial charge is 0.144 e. The van der Waals surface area contributed by atoms with Crippen LogP contribution in [0.3, 0.4) is 0 Å². The molecule has 2 aliphatic rings. The molecule has 1 fully saturated rings. The van der Waals surface area contributed by atoms with Crippen LogP contribution >= 0.6 is 0 Å². The molecular formula is C24H26N4O. The second-order valence-electron chi connectivity index (χ2n) is 9.28. The number of rotatable bonds is 1. The lowest BCUT2D eigenvalue weighted by Crippen LogP contribution is -2.42. The summed E-state index contributed by atoms with van der Waals surface area (Å²) in [5.41, 5.74) is 7.07. The van der Waals surface area contributed by atoms with Crippen molar-refractivity contribution in [1.82, 2.24) is 9.97 Å². The predicted octanol–water partition coefficient (Wildman–Crippen LogP) is 5.42. The fourth-order valence-electron chi connectivity index (χ4n) is 4.68. The van der Waals surface area contributed by atoms with Crippen molar-refractivity contribution in [3.63, 3.8) is 0 Å². The van der Waals surface area contributed by atoms with Crippen molar-refractivity contribution in [3.05, 3.63) is 53.3 Å². The number of aryl methyl sites for hydroxylation is 2. The lowest BCUT2D eigenvalue weighted by atomic mass is 9.69. The van der Waals surface area contributed by atoms with Gasteiger partial charge in [0, 0.05) is 12.1 Å². The van der Waals surface area contributed by atoms with Crippen molar-refractivity contribution < 1.29 is 4.79 Å². The number of aliphatic imine (C=N–C) groups is 1. The topological polar surface area (TPSA) is 70.1 Å². The number of aromatic nitrogens is 2. The van der Waals surface area contributed by atoms with E-state index in [0.717, 1.165) is 40.4 Å². The van der Waals surface area contributed by atoms with Gasteiger partial charge in [-0.25, -0.2) is 4.98 Å². The summed E-state index contributed by atoms with van der Waals surface area (Å²) in [6.07, 6.45) is 1.37. The fourth-order valence-corrected chi connectivity index (χ4v) is 4.68. The van der Waals surface area contributed by atoms with Crippen LogP contribution in [0.2, 0.25) is 0 Å². The Labute approximate surface area is 170 Å². The number of anilines is 1. The normalized spacial score (nSPS) is 23.0. The van der Waals surface area contributed by atoms with Crippen LogP contribution in [0.1, 0.15) is 49.7 Å². The van der Waals surface area contributed by atoms with Gasteiger partial charge < -0.3 is 10.3 Å². The SMILES string of the molecule is Cc1cc2c(cc1C)N[C@H](c1nc3ccccc3[nH]1)C1C(=O)CC(C)(C)CC1=N2. The van der Waals surface area contributed by atoms with E-state index in [4.69, 9.17) is 9.98 Å². The van der Waals surface area contributed by atoms with Gasteiger partial charge in [-0.05, 0) is 61.1 Å². The Kier molecular flexibility index (Phi) is 3.92.